The number of nitrogens with two attached hydrogens (primary N) is 1. The van der Waals surface area contributed by atoms with Crippen molar-refractivity contribution >= 4 is 35.5 Å². The van der Waals surface area contributed by atoms with E-state index < -0.39 is 23.9 Å². The van der Waals surface area contributed by atoms with Crippen molar-refractivity contribution in [3.05, 3.63) is 0 Å². The summed E-state index contributed by atoms with van der Waals surface area (Å²) in [6.07, 6.45) is 0.883. The minimum absolute atomic E-state index is 0.0815. The van der Waals surface area contributed by atoms with Crippen molar-refractivity contribution in [2.75, 3.05) is 13.1 Å². The number of hydrogen-bond acceptors (Lipinski definition) is 8. The molecule has 0 saturated carbocycles. The number of nitrogens with one attached hydrogen (secondary N) is 3. The van der Waals surface area contributed by atoms with E-state index in [0.717, 1.165) is 0 Å². The Labute approximate surface area is 181 Å². The Morgan fingerprint density at radius 1 is 0.839 bits per heavy atom. The maximum Gasteiger partial charge on any atom is 0.326 e. The summed E-state index contributed by atoms with van der Waals surface area (Å²) >= 11 is 0. The molecule has 1 atom stereocenters. The van der Waals surface area contributed by atoms with Gasteiger partial charge in [-0.25, -0.2) is 10.2 Å². The highest BCUT2D eigenvalue weighted by atomic mass is 16.4. The van der Waals surface area contributed by atoms with E-state index in [-0.39, 0.29) is 49.9 Å². The number of carbonyl (C=O) groups is 6. The van der Waals surface area contributed by atoms with Gasteiger partial charge < -0.3 is 30.7 Å². The van der Waals surface area contributed by atoms with E-state index in [4.69, 9.17) is 15.3 Å². The zero-order valence-corrected chi connectivity index (χ0v) is 18.7. The van der Waals surface area contributed by atoms with Crippen molar-refractivity contribution in [2.45, 2.75) is 66.3 Å². The standard InChI is InChI=1S/C9H15NO4.C5H9NO3.C2H6N2O2.C2H6/c1-3-8(12)10-7(9(13)14)5-4-6(2)11;1-2-4(7)6-3-5(8)9;3-4-1-2(5)6;1-2/h7H,3-5H2,1-2H3,(H,10,12)(H,13,14);2-3H2,1H3,(H,6,7)(H,8,9);4H,1,3H2,(H,5,6);1-2H3. The molecule has 0 saturated heterocycles. The predicted molar refractivity (Wildman–Crippen MR) is 112 cm³/mol. The van der Waals surface area contributed by atoms with E-state index in [2.05, 4.69) is 16.5 Å². The lowest BCUT2D eigenvalue weighted by Gasteiger charge is -2.12. The maximum atomic E-state index is 10.9. The van der Waals surface area contributed by atoms with Crippen molar-refractivity contribution < 1.29 is 44.1 Å². The Morgan fingerprint density at radius 2 is 1.29 bits per heavy atom. The number of hydrogen-bond donors (Lipinski definition) is 7. The van der Waals surface area contributed by atoms with Crippen LogP contribution in [0.15, 0.2) is 0 Å². The third-order valence-electron chi connectivity index (χ3n) is 2.75. The van der Waals surface area contributed by atoms with Crippen LogP contribution in [0.2, 0.25) is 0 Å². The topological polar surface area (TPSA) is 225 Å². The van der Waals surface area contributed by atoms with Gasteiger partial charge >= 0.3 is 17.9 Å². The van der Waals surface area contributed by atoms with Crippen molar-refractivity contribution in [3.63, 3.8) is 0 Å². The number of amides is 2. The molecule has 0 aromatic heterocycles. The molecule has 0 aromatic rings. The summed E-state index contributed by atoms with van der Waals surface area (Å²) in [5.74, 6) is 0.893. The molecule has 0 aliphatic heterocycles. The van der Waals surface area contributed by atoms with Crippen LogP contribution in [0.3, 0.4) is 0 Å². The number of aliphatic carboxylic acids is 3. The zero-order valence-electron chi connectivity index (χ0n) is 18.7. The highest BCUT2D eigenvalue weighted by Crippen LogP contribution is 1.99. The van der Waals surface area contributed by atoms with E-state index in [1.807, 2.05) is 19.3 Å². The Kier molecular flexibility index (Phi) is 28.5. The molecule has 0 fully saturated rings. The first-order chi connectivity index (χ1) is 14.4. The van der Waals surface area contributed by atoms with Gasteiger partial charge in [0, 0.05) is 19.3 Å². The number of carboxylic acid groups (broad SMARTS) is 3. The summed E-state index contributed by atoms with van der Waals surface area (Å²) in [5, 5.41) is 29.0. The fraction of sp³-hybridized carbons (Fsp3) is 0.667. The van der Waals surface area contributed by atoms with E-state index in [1.54, 1.807) is 13.8 Å². The summed E-state index contributed by atoms with van der Waals surface area (Å²) in [7, 11) is 0. The molecule has 0 bridgehead atoms. The number of ketones is 1. The summed E-state index contributed by atoms with van der Waals surface area (Å²) in [5.41, 5.74) is 1.97. The number of hydrazine groups is 1. The van der Waals surface area contributed by atoms with E-state index in [9.17, 15) is 28.8 Å². The lowest BCUT2D eigenvalue weighted by atomic mass is 10.1. The highest BCUT2D eigenvalue weighted by molar-refractivity contribution is 5.84. The van der Waals surface area contributed by atoms with Gasteiger partial charge in [-0.1, -0.05) is 27.7 Å². The monoisotopic (exact) mass is 452 g/mol. The van der Waals surface area contributed by atoms with Crippen molar-refractivity contribution in [3.8, 4) is 0 Å². The second-order valence-corrected chi connectivity index (χ2v) is 5.35. The molecule has 31 heavy (non-hydrogen) atoms. The Balaban J connectivity index is -0.000000184. The fourth-order valence-electron chi connectivity index (χ4n) is 1.29. The van der Waals surface area contributed by atoms with Crippen LogP contribution < -0.4 is 21.9 Å². The van der Waals surface area contributed by atoms with Crippen LogP contribution in [0.5, 0.6) is 0 Å². The minimum Gasteiger partial charge on any atom is -0.480 e. The van der Waals surface area contributed by atoms with Gasteiger partial charge in [0.2, 0.25) is 11.8 Å². The van der Waals surface area contributed by atoms with Crippen molar-refractivity contribution in [1.29, 1.82) is 0 Å². The Morgan fingerprint density at radius 3 is 1.55 bits per heavy atom. The molecule has 0 radical (unpaired) electrons. The van der Waals surface area contributed by atoms with Gasteiger partial charge in [-0.2, -0.15) is 0 Å². The molecule has 2 amide bonds. The van der Waals surface area contributed by atoms with Crippen LogP contribution in [0, 0.1) is 0 Å². The molecular formula is C18H36N4O9. The van der Waals surface area contributed by atoms with Gasteiger partial charge in [-0.3, -0.25) is 25.0 Å². The zero-order chi connectivity index (χ0) is 25.4. The van der Waals surface area contributed by atoms with Crippen molar-refractivity contribution in [2.24, 2.45) is 5.84 Å². The summed E-state index contributed by atoms with van der Waals surface area (Å²) in [6.45, 7) is 8.23. The predicted octanol–water partition coefficient (Wildman–Crippen LogP) is -0.507. The van der Waals surface area contributed by atoms with Crippen LogP contribution >= 0.6 is 0 Å². The molecule has 1 unspecified atom stereocenters. The van der Waals surface area contributed by atoms with Gasteiger partial charge in [0.25, 0.3) is 0 Å². The quantitative estimate of drug-likeness (QED) is 0.156. The first-order valence-corrected chi connectivity index (χ1v) is 9.56. The number of carbonyl (C=O) groups excluding carboxylic acids is 3. The lowest BCUT2D eigenvalue weighted by molar-refractivity contribution is -0.142. The molecule has 0 rings (SSSR count). The van der Waals surface area contributed by atoms with Crippen LogP contribution in [0.25, 0.3) is 0 Å². The van der Waals surface area contributed by atoms with Gasteiger partial charge in [-0.15, -0.1) is 0 Å². The fourth-order valence-corrected chi connectivity index (χ4v) is 1.29. The van der Waals surface area contributed by atoms with Gasteiger partial charge in [0.1, 0.15) is 24.9 Å². The number of carboxylic acids is 3. The molecule has 0 heterocycles. The lowest BCUT2D eigenvalue weighted by Crippen LogP contribution is -2.40. The average Bonchev–Trinajstić information content (AvgIpc) is 2.70. The SMILES string of the molecule is CC.CCC(=O)NC(CCC(C)=O)C(=O)O.CCC(=O)NCC(=O)O.NNCC(=O)O. The normalized spacial score (nSPS) is 9.61. The first kappa shape index (κ1) is 35.4. The smallest absolute Gasteiger partial charge is 0.326 e. The molecule has 0 aliphatic rings. The Bertz CT molecular complexity index is 554. The van der Waals surface area contributed by atoms with Gasteiger partial charge in [0.15, 0.2) is 0 Å². The maximum absolute atomic E-state index is 10.9. The number of Topliss-reactive ketones (excluding diaryl/α,β-unsaturated/α-hetero) is 1. The van der Waals surface area contributed by atoms with Gasteiger partial charge in [0.05, 0.1) is 0 Å². The largest absolute Gasteiger partial charge is 0.480 e. The second kappa shape index (κ2) is 25.0. The van der Waals surface area contributed by atoms with E-state index >= 15 is 0 Å². The second-order valence-electron chi connectivity index (χ2n) is 5.35. The Hall–Kier alpha value is -3.06. The van der Waals surface area contributed by atoms with E-state index in [1.165, 1.54) is 6.92 Å². The van der Waals surface area contributed by atoms with Crippen LogP contribution in [0.1, 0.15) is 60.3 Å². The molecule has 0 spiro atoms. The first-order valence-electron chi connectivity index (χ1n) is 9.56. The third kappa shape index (κ3) is 34.8. The van der Waals surface area contributed by atoms with Crippen LogP contribution in [0.4, 0.5) is 0 Å². The summed E-state index contributed by atoms with van der Waals surface area (Å²) in [6, 6.07) is -0.952. The van der Waals surface area contributed by atoms with E-state index in [0.29, 0.717) is 6.42 Å². The van der Waals surface area contributed by atoms with Crippen molar-refractivity contribution in [1.82, 2.24) is 16.1 Å². The molecule has 0 aliphatic carbocycles. The average molecular weight is 453 g/mol. The molecule has 13 heteroatoms. The third-order valence-corrected chi connectivity index (χ3v) is 2.75. The minimum atomic E-state index is -1.10. The van der Waals surface area contributed by atoms with Gasteiger partial charge in [-0.05, 0) is 13.3 Å². The van der Waals surface area contributed by atoms with Crippen LogP contribution in [-0.2, 0) is 28.8 Å². The summed E-state index contributed by atoms with van der Waals surface area (Å²) < 4.78 is 0. The number of rotatable bonds is 11. The molecule has 13 nitrogen and oxygen atoms in total. The molecule has 182 valence electrons. The molecule has 0 aromatic carbocycles. The molecule has 8 N–H and O–H groups in total. The highest BCUT2D eigenvalue weighted by Gasteiger charge is 2.19. The molecular weight excluding hydrogens is 416 g/mol. The van der Waals surface area contributed by atoms with Crippen LogP contribution in [-0.4, -0.2) is 70.0 Å². The summed E-state index contributed by atoms with van der Waals surface area (Å²) in [4.78, 5) is 61.8.